The Kier molecular flexibility index (Phi) is 4.31. The van der Waals surface area contributed by atoms with Crippen LogP contribution in [0.4, 0.5) is 0 Å². The molecule has 2 unspecified atom stereocenters. The zero-order valence-corrected chi connectivity index (χ0v) is 11.8. The van der Waals surface area contributed by atoms with Crippen molar-refractivity contribution in [3.05, 3.63) is 0 Å². The fraction of sp³-hybridized carbons (Fsp3) is 0.933. The van der Waals surface area contributed by atoms with Crippen LogP contribution in [-0.2, 0) is 9.53 Å². The van der Waals surface area contributed by atoms with Crippen LogP contribution < -0.4 is 5.73 Å². The van der Waals surface area contributed by atoms with Gasteiger partial charge in [0.1, 0.15) is 6.10 Å². The van der Waals surface area contributed by atoms with Crippen molar-refractivity contribution in [2.45, 2.75) is 77.4 Å². The summed E-state index contributed by atoms with van der Waals surface area (Å²) in [6.07, 6.45) is 8.44. The zero-order chi connectivity index (χ0) is 13.2. The second kappa shape index (κ2) is 5.60. The Labute approximate surface area is 110 Å². The second-order valence-corrected chi connectivity index (χ2v) is 6.92. The van der Waals surface area contributed by atoms with Crippen LogP contribution in [0.15, 0.2) is 0 Å². The molecule has 18 heavy (non-hydrogen) atoms. The van der Waals surface area contributed by atoms with E-state index in [9.17, 15) is 4.79 Å². The summed E-state index contributed by atoms with van der Waals surface area (Å²) in [5.41, 5.74) is 6.35. The molecule has 2 N–H and O–H groups in total. The lowest BCUT2D eigenvalue weighted by atomic mass is 9.76. The van der Waals surface area contributed by atoms with Gasteiger partial charge in [-0.25, -0.2) is 0 Å². The third kappa shape index (κ3) is 3.71. The van der Waals surface area contributed by atoms with Crippen molar-refractivity contribution in [1.82, 2.24) is 0 Å². The van der Waals surface area contributed by atoms with E-state index in [0.717, 1.165) is 51.4 Å². The summed E-state index contributed by atoms with van der Waals surface area (Å²) in [5, 5.41) is 0. The molecule has 2 aliphatic carbocycles. The molecular weight excluding hydrogens is 226 g/mol. The van der Waals surface area contributed by atoms with Gasteiger partial charge >= 0.3 is 5.97 Å². The third-order valence-corrected chi connectivity index (χ3v) is 4.62. The smallest absolute Gasteiger partial charge is 0.309 e. The van der Waals surface area contributed by atoms with Crippen molar-refractivity contribution < 1.29 is 9.53 Å². The van der Waals surface area contributed by atoms with Crippen molar-refractivity contribution in [3.8, 4) is 0 Å². The normalized spacial score (nSPS) is 33.1. The zero-order valence-electron chi connectivity index (χ0n) is 11.8. The van der Waals surface area contributed by atoms with E-state index >= 15 is 0 Å². The quantitative estimate of drug-likeness (QED) is 0.770. The highest BCUT2D eigenvalue weighted by Crippen LogP contribution is 2.36. The first-order valence-electron chi connectivity index (χ1n) is 7.42. The Balaban J connectivity index is 1.77. The second-order valence-electron chi connectivity index (χ2n) is 6.92. The molecule has 3 nitrogen and oxygen atoms in total. The number of hydrogen-bond donors (Lipinski definition) is 1. The van der Waals surface area contributed by atoms with Gasteiger partial charge in [0, 0.05) is 6.04 Å². The van der Waals surface area contributed by atoms with Gasteiger partial charge in [-0.15, -0.1) is 0 Å². The van der Waals surface area contributed by atoms with E-state index in [4.69, 9.17) is 10.5 Å². The van der Waals surface area contributed by atoms with Crippen LogP contribution in [0.25, 0.3) is 0 Å². The van der Waals surface area contributed by atoms with E-state index in [0.29, 0.717) is 5.41 Å². The average molecular weight is 253 g/mol. The van der Waals surface area contributed by atoms with Crippen LogP contribution in [0.3, 0.4) is 0 Å². The lowest BCUT2D eigenvalue weighted by Gasteiger charge is -2.35. The molecule has 0 radical (unpaired) electrons. The van der Waals surface area contributed by atoms with Gasteiger partial charge in [-0.05, 0) is 50.4 Å². The molecule has 0 aromatic rings. The summed E-state index contributed by atoms with van der Waals surface area (Å²) in [7, 11) is 0. The summed E-state index contributed by atoms with van der Waals surface area (Å²) in [6, 6.07) is 0.196. The predicted octanol–water partition coefficient (Wildman–Crippen LogP) is 3.02. The van der Waals surface area contributed by atoms with Gasteiger partial charge in [-0.2, -0.15) is 0 Å². The summed E-state index contributed by atoms with van der Waals surface area (Å²) in [5.74, 6) is 0.0681. The number of carbonyl (C=O) groups excluding carboxylic acids is 1. The van der Waals surface area contributed by atoms with E-state index in [1.54, 1.807) is 0 Å². The van der Waals surface area contributed by atoms with Crippen LogP contribution in [0, 0.1) is 11.3 Å². The molecule has 2 aliphatic rings. The van der Waals surface area contributed by atoms with Crippen molar-refractivity contribution in [2.24, 2.45) is 17.1 Å². The first-order chi connectivity index (χ1) is 8.46. The van der Waals surface area contributed by atoms with Crippen molar-refractivity contribution in [2.75, 3.05) is 0 Å². The Hall–Kier alpha value is -0.570. The topological polar surface area (TPSA) is 52.3 Å². The molecule has 0 bridgehead atoms. The van der Waals surface area contributed by atoms with Gasteiger partial charge < -0.3 is 10.5 Å². The number of esters is 1. The number of nitrogens with two attached hydrogens (primary N) is 1. The molecule has 2 fully saturated rings. The Bertz CT molecular complexity index is 291. The highest BCUT2D eigenvalue weighted by molar-refractivity contribution is 5.72. The first-order valence-corrected chi connectivity index (χ1v) is 7.42. The van der Waals surface area contributed by atoms with Crippen molar-refractivity contribution >= 4 is 5.97 Å². The minimum atomic E-state index is 0.00913. The summed E-state index contributed by atoms with van der Waals surface area (Å²) >= 11 is 0. The molecule has 104 valence electrons. The molecule has 3 heteroatoms. The highest BCUT2D eigenvalue weighted by atomic mass is 16.5. The average Bonchev–Trinajstić information content (AvgIpc) is 2.32. The number of ether oxygens (including phenoxy) is 1. The van der Waals surface area contributed by atoms with Gasteiger partial charge in [0.15, 0.2) is 0 Å². The fourth-order valence-electron chi connectivity index (χ4n) is 3.19. The largest absolute Gasteiger partial charge is 0.462 e. The molecule has 0 aromatic carbocycles. The molecule has 0 aliphatic heterocycles. The Morgan fingerprint density at radius 3 is 2.44 bits per heavy atom. The van der Waals surface area contributed by atoms with E-state index < -0.39 is 0 Å². The Morgan fingerprint density at radius 1 is 1.17 bits per heavy atom. The van der Waals surface area contributed by atoms with Crippen molar-refractivity contribution in [1.29, 1.82) is 0 Å². The predicted molar refractivity (Wildman–Crippen MR) is 72.1 cm³/mol. The standard InChI is InChI=1S/C15H27NO2/c1-15(2)8-6-13(7-9-15)18-14(17)11-4-3-5-12(16)10-11/h11-13H,3-10,16H2,1-2H3. The molecule has 0 amide bonds. The Morgan fingerprint density at radius 2 is 1.83 bits per heavy atom. The summed E-state index contributed by atoms with van der Waals surface area (Å²) < 4.78 is 5.68. The third-order valence-electron chi connectivity index (χ3n) is 4.62. The lowest BCUT2D eigenvalue weighted by Crippen LogP contribution is -2.35. The van der Waals surface area contributed by atoms with Crippen LogP contribution in [0.5, 0.6) is 0 Å². The number of hydrogen-bond acceptors (Lipinski definition) is 3. The minimum Gasteiger partial charge on any atom is -0.462 e. The molecule has 2 rings (SSSR count). The maximum absolute atomic E-state index is 12.1. The van der Waals surface area contributed by atoms with Crippen molar-refractivity contribution in [3.63, 3.8) is 0 Å². The monoisotopic (exact) mass is 253 g/mol. The van der Waals surface area contributed by atoms with Crippen LogP contribution in [-0.4, -0.2) is 18.1 Å². The summed E-state index contributed by atoms with van der Waals surface area (Å²) in [4.78, 5) is 12.1. The molecule has 0 spiro atoms. The van der Waals surface area contributed by atoms with Gasteiger partial charge in [-0.3, -0.25) is 4.79 Å². The fourth-order valence-corrected chi connectivity index (χ4v) is 3.19. The van der Waals surface area contributed by atoms with E-state index in [-0.39, 0.29) is 24.0 Å². The molecule has 2 saturated carbocycles. The van der Waals surface area contributed by atoms with Crippen LogP contribution >= 0.6 is 0 Å². The van der Waals surface area contributed by atoms with E-state index in [1.165, 1.54) is 0 Å². The lowest BCUT2D eigenvalue weighted by molar-refractivity contribution is -0.158. The molecular formula is C15H27NO2. The van der Waals surface area contributed by atoms with Gasteiger partial charge in [0.2, 0.25) is 0 Å². The van der Waals surface area contributed by atoms with Crippen LogP contribution in [0.2, 0.25) is 0 Å². The highest BCUT2D eigenvalue weighted by Gasteiger charge is 2.32. The first kappa shape index (κ1) is 13.9. The molecule has 2 atom stereocenters. The molecule has 0 heterocycles. The van der Waals surface area contributed by atoms with Gasteiger partial charge in [0.25, 0.3) is 0 Å². The SMILES string of the molecule is CC1(C)CCC(OC(=O)C2CCCC(N)C2)CC1. The number of carbonyl (C=O) groups is 1. The summed E-state index contributed by atoms with van der Waals surface area (Å²) in [6.45, 7) is 4.59. The maximum atomic E-state index is 12.1. The maximum Gasteiger partial charge on any atom is 0.309 e. The van der Waals surface area contributed by atoms with Gasteiger partial charge in [0.05, 0.1) is 5.92 Å². The molecule has 0 saturated heterocycles. The molecule has 0 aromatic heterocycles. The van der Waals surface area contributed by atoms with E-state index in [1.807, 2.05) is 0 Å². The van der Waals surface area contributed by atoms with E-state index in [2.05, 4.69) is 13.8 Å². The van der Waals surface area contributed by atoms with Gasteiger partial charge in [-0.1, -0.05) is 20.3 Å². The number of rotatable bonds is 2. The van der Waals surface area contributed by atoms with Crippen LogP contribution in [0.1, 0.15) is 65.2 Å². The minimum absolute atomic E-state index is 0.00913.